The molecule has 0 radical (unpaired) electrons. The van der Waals surface area contributed by atoms with Crippen LogP contribution in [0.2, 0.25) is 0 Å². The molecule has 44 valence electrons. The van der Waals surface area contributed by atoms with Crippen LogP contribution in [0.3, 0.4) is 0 Å². The zero-order chi connectivity index (χ0) is 5.86. The fourth-order valence-corrected chi connectivity index (χ4v) is 0.515. The van der Waals surface area contributed by atoms with E-state index in [9.17, 15) is 0 Å². The van der Waals surface area contributed by atoms with Gasteiger partial charge in [-0.15, -0.1) is 11.6 Å². The minimum atomic E-state index is -0.507. The summed E-state index contributed by atoms with van der Waals surface area (Å²) in [6.07, 6.45) is -0.507. The van der Waals surface area contributed by atoms with Gasteiger partial charge in [0.1, 0.15) is 6.23 Å². The summed E-state index contributed by atoms with van der Waals surface area (Å²) in [5.74, 6) is 0. The van der Waals surface area contributed by atoms with Gasteiger partial charge in [-0.05, 0) is 13.8 Å². The first kappa shape index (κ1) is 7.21. The summed E-state index contributed by atoms with van der Waals surface area (Å²) < 4.78 is 0. The fraction of sp³-hybridized carbons (Fsp3) is 1.00. The lowest BCUT2D eigenvalue weighted by molar-refractivity contribution is 0.154. The van der Waals surface area contributed by atoms with Crippen LogP contribution in [0.15, 0.2) is 0 Å². The molecule has 2 atom stereocenters. The van der Waals surface area contributed by atoms with E-state index in [0.717, 1.165) is 0 Å². The average molecular weight is 124 g/mol. The normalized spacial score (nSPS) is 18.9. The van der Waals surface area contributed by atoms with Crippen LogP contribution in [0.1, 0.15) is 13.8 Å². The lowest BCUT2D eigenvalue weighted by atomic mass is 10.6. The summed E-state index contributed by atoms with van der Waals surface area (Å²) in [4.78, 5) is 0. The number of nitrogens with one attached hydrogen (secondary N) is 1. The highest BCUT2D eigenvalue weighted by molar-refractivity contribution is 6.20. The van der Waals surface area contributed by atoms with E-state index < -0.39 is 6.23 Å². The van der Waals surface area contributed by atoms with E-state index in [-0.39, 0.29) is 5.50 Å². The van der Waals surface area contributed by atoms with Gasteiger partial charge < -0.3 is 5.11 Å². The first-order valence-electron chi connectivity index (χ1n) is 2.21. The third-order valence-corrected chi connectivity index (χ3v) is 0.597. The highest BCUT2D eigenvalue weighted by Crippen LogP contribution is 1.86. The van der Waals surface area contributed by atoms with Crippen LogP contribution in [0.25, 0.3) is 0 Å². The van der Waals surface area contributed by atoms with Crippen molar-refractivity contribution < 1.29 is 5.11 Å². The molecule has 0 saturated heterocycles. The van der Waals surface area contributed by atoms with Crippen molar-refractivity contribution in [1.29, 1.82) is 0 Å². The number of halogens is 1. The summed E-state index contributed by atoms with van der Waals surface area (Å²) in [6, 6.07) is 0. The minimum Gasteiger partial charge on any atom is -0.379 e. The number of hydrogen-bond donors (Lipinski definition) is 2. The summed E-state index contributed by atoms with van der Waals surface area (Å²) in [5, 5.41) is 11.2. The second-order valence-corrected chi connectivity index (χ2v) is 2.11. The molecule has 0 aromatic carbocycles. The molecular weight excluding hydrogens is 114 g/mol. The van der Waals surface area contributed by atoms with Gasteiger partial charge in [-0.1, -0.05) is 0 Å². The van der Waals surface area contributed by atoms with Crippen molar-refractivity contribution in [1.82, 2.24) is 5.32 Å². The van der Waals surface area contributed by atoms with Gasteiger partial charge in [0.05, 0.1) is 5.50 Å². The Kier molecular flexibility index (Phi) is 3.34. The lowest BCUT2D eigenvalue weighted by Crippen LogP contribution is -2.30. The SMILES string of the molecule is CC(O)NC(C)Cl. The van der Waals surface area contributed by atoms with Gasteiger partial charge in [0.15, 0.2) is 0 Å². The summed E-state index contributed by atoms with van der Waals surface area (Å²) in [6.45, 7) is 3.38. The molecule has 0 bridgehead atoms. The van der Waals surface area contributed by atoms with Gasteiger partial charge in [0, 0.05) is 0 Å². The maximum Gasteiger partial charge on any atom is 0.103 e. The largest absolute Gasteiger partial charge is 0.379 e. The molecule has 2 N–H and O–H groups in total. The van der Waals surface area contributed by atoms with Gasteiger partial charge in [-0.3, -0.25) is 5.32 Å². The molecule has 3 heteroatoms. The smallest absolute Gasteiger partial charge is 0.103 e. The Morgan fingerprint density at radius 3 is 2.00 bits per heavy atom. The molecule has 0 spiro atoms. The number of aliphatic hydroxyl groups is 1. The molecule has 0 aromatic heterocycles. The molecule has 0 fully saturated rings. The zero-order valence-corrected chi connectivity index (χ0v) is 5.24. The van der Waals surface area contributed by atoms with E-state index in [2.05, 4.69) is 5.32 Å². The molecule has 0 aliphatic heterocycles. The van der Waals surface area contributed by atoms with Gasteiger partial charge in [-0.25, -0.2) is 0 Å². The van der Waals surface area contributed by atoms with E-state index in [4.69, 9.17) is 16.7 Å². The van der Waals surface area contributed by atoms with Gasteiger partial charge in [0.2, 0.25) is 0 Å². The molecule has 0 amide bonds. The Hall–Kier alpha value is 0.210. The third kappa shape index (κ3) is 6.21. The highest BCUT2D eigenvalue weighted by Gasteiger charge is 1.96. The predicted molar refractivity (Wildman–Crippen MR) is 30.1 cm³/mol. The second-order valence-electron chi connectivity index (χ2n) is 1.46. The van der Waals surface area contributed by atoms with Crippen molar-refractivity contribution in [3.63, 3.8) is 0 Å². The van der Waals surface area contributed by atoms with Crippen LogP contribution in [-0.4, -0.2) is 16.8 Å². The van der Waals surface area contributed by atoms with Gasteiger partial charge in [0.25, 0.3) is 0 Å². The lowest BCUT2D eigenvalue weighted by Gasteiger charge is -2.07. The molecule has 0 aliphatic rings. The summed E-state index contributed by atoms with van der Waals surface area (Å²) >= 11 is 5.40. The second kappa shape index (κ2) is 3.24. The molecule has 0 rings (SSSR count). The monoisotopic (exact) mass is 123 g/mol. The van der Waals surface area contributed by atoms with Gasteiger partial charge >= 0.3 is 0 Å². The Bertz CT molecular complexity index is 41.0. The average Bonchev–Trinajstić information content (AvgIpc) is 1.27. The van der Waals surface area contributed by atoms with Gasteiger partial charge in [-0.2, -0.15) is 0 Å². The quantitative estimate of drug-likeness (QED) is 0.319. The standard InChI is InChI=1S/C4H10ClNO/c1-3(5)6-4(2)7/h3-4,6-7H,1-2H3. The first-order chi connectivity index (χ1) is 3.13. The van der Waals surface area contributed by atoms with Crippen LogP contribution in [0.5, 0.6) is 0 Å². The van der Waals surface area contributed by atoms with E-state index in [1.165, 1.54) is 0 Å². The minimum absolute atomic E-state index is 0.153. The molecule has 0 saturated carbocycles. The van der Waals surface area contributed by atoms with Crippen molar-refractivity contribution in [2.45, 2.75) is 25.6 Å². The molecule has 0 aliphatic carbocycles. The Labute approximate surface area is 48.5 Å². The summed E-state index contributed by atoms with van der Waals surface area (Å²) in [7, 11) is 0. The van der Waals surface area contributed by atoms with Crippen LogP contribution >= 0.6 is 11.6 Å². The third-order valence-electron chi connectivity index (χ3n) is 0.471. The van der Waals surface area contributed by atoms with E-state index in [1.54, 1.807) is 13.8 Å². The number of alkyl halides is 1. The molecular formula is C4H10ClNO. The highest BCUT2D eigenvalue weighted by atomic mass is 35.5. The van der Waals surface area contributed by atoms with Crippen molar-refractivity contribution in [2.75, 3.05) is 0 Å². The van der Waals surface area contributed by atoms with E-state index in [0.29, 0.717) is 0 Å². The Morgan fingerprint density at radius 1 is 1.57 bits per heavy atom. The van der Waals surface area contributed by atoms with Crippen LogP contribution < -0.4 is 5.32 Å². The fourth-order valence-electron chi connectivity index (χ4n) is 0.332. The Morgan fingerprint density at radius 2 is 2.00 bits per heavy atom. The number of rotatable bonds is 2. The molecule has 2 nitrogen and oxygen atoms in total. The van der Waals surface area contributed by atoms with Crippen molar-refractivity contribution >= 4 is 11.6 Å². The number of hydrogen-bond acceptors (Lipinski definition) is 2. The van der Waals surface area contributed by atoms with E-state index in [1.807, 2.05) is 0 Å². The predicted octanol–water partition coefficient (Wildman–Crippen LogP) is 0.499. The molecule has 0 aromatic rings. The van der Waals surface area contributed by atoms with Crippen molar-refractivity contribution in [3.8, 4) is 0 Å². The maximum atomic E-state index is 8.53. The maximum absolute atomic E-state index is 8.53. The van der Waals surface area contributed by atoms with Crippen LogP contribution in [-0.2, 0) is 0 Å². The molecule has 0 heterocycles. The van der Waals surface area contributed by atoms with Crippen LogP contribution in [0, 0.1) is 0 Å². The van der Waals surface area contributed by atoms with Crippen molar-refractivity contribution in [3.05, 3.63) is 0 Å². The summed E-state index contributed by atoms with van der Waals surface area (Å²) in [5.41, 5.74) is -0.153. The molecule has 7 heavy (non-hydrogen) atoms. The number of aliphatic hydroxyl groups excluding tert-OH is 1. The topological polar surface area (TPSA) is 32.3 Å². The first-order valence-corrected chi connectivity index (χ1v) is 2.64. The van der Waals surface area contributed by atoms with Crippen molar-refractivity contribution in [2.24, 2.45) is 0 Å². The van der Waals surface area contributed by atoms with Crippen LogP contribution in [0.4, 0.5) is 0 Å². The Balaban J connectivity index is 2.95. The molecule has 2 unspecified atom stereocenters. The van der Waals surface area contributed by atoms with E-state index >= 15 is 0 Å². The zero-order valence-electron chi connectivity index (χ0n) is 4.48.